The Labute approximate surface area is 163 Å². The molecule has 2 aromatic carbocycles. The number of aromatic nitrogens is 2. The van der Waals surface area contributed by atoms with E-state index in [2.05, 4.69) is 9.88 Å². The minimum absolute atomic E-state index is 0.259. The maximum absolute atomic E-state index is 10.2. The van der Waals surface area contributed by atoms with Crippen LogP contribution in [0.25, 0.3) is 11.4 Å². The van der Waals surface area contributed by atoms with Crippen molar-refractivity contribution in [2.75, 3.05) is 13.7 Å². The van der Waals surface area contributed by atoms with E-state index >= 15 is 0 Å². The van der Waals surface area contributed by atoms with Gasteiger partial charge in [-0.1, -0.05) is 17.7 Å². The van der Waals surface area contributed by atoms with Crippen molar-refractivity contribution in [1.82, 2.24) is 14.9 Å². The zero-order valence-corrected chi connectivity index (χ0v) is 15.8. The standard InChI is InChI=1S/C21H20ClN3O2/c1-27-18-7-4-15(20(26)10-18)12-25-9-8-19-16(13-25)11-23-21(24-19)14-2-5-17(22)6-3-14/h2-7,10-11,26H,8-9,12-13H2,1H3. The molecule has 1 aliphatic rings. The van der Waals surface area contributed by atoms with Crippen LogP contribution >= 0.6 is 11.6 Å². The third-order valence-corrected chi connectivity index (χ3v) is 5.05. The number of ether oxygens (including phenoxy) is 1. The van der Waals surface area contributed by atoms with Crippen molar-refractivity contribution in [1.29, 1.82) is 0 Å². The van der Waals surface area contributed by atoms with Gasteiger partial charge in [0, 0.05) is 60.0 Å². The van der Waals surface area contributed by atoms with Gasteiger partial charge >= 0.3 is 0 Å². The van der Waals surface area contributed by atoms with Gasteiger partial charge in [0.25, 0.3) is 0 Å². The molecule has 1 aromatic heterocycles. The van der Waals surface area contributed by atoms with E-state index in [0.717, 1.165) is 47.7 Å². The Morgan fingerprint density at radius 1 is 1.19 bits per heavy atom. The van der Waals surface area contributed by atoms with Crippen LogP contribution in [0.2, 0.25) is 5.02 Å². The van der Waals surface area contributed by atoms with Gasteiger partial charge in [-0.15, -0.1) is 0 Å². The maximum Gasteiger partial charge on any atom is 0.159 e. The zero-order valence-electron chi connectivity index (χ0n) is 15.0. The Bertz CT molecular complexity index is 960. The molecular formula is C21H20ClN3O2. The lowest BCUT2D eigenvalue weighted by atomic mass is 10.1. The number of rotatable bonds is 4. The predicted molar refractivity (Wildman–Crippen MR) is 105 cm³/mol. The minimum Gasteiger partial charge on any atom is -0.507 e. The van der Waals surface area contributed by atoms with Gasteiger partial charge in [0.05, 0.1) is 12.8 Å². The van der Waals surface area contributed by atoms with Crippen molar-refractivity contribution in [3.05, 3.63) is 70.5 Å². The Kier molecular flexibility index (Phi) is 4.97. The molecule has 0 atom stereocenters. The largest absolute Gasteiger partial charge is 0.507 e. The summed E-state index contributed by atoms with van der Waals surface area (Å²) in [6.07, 6.45) is 2.77. The van der Waals surface area contributed by atoms with Crippen molar-refractivity contribution >= 4 is 11.6 Å². The van der Waals surface area contributed by atoms with E-state index in [0.29, 0.717) is 17.3 Å². The molecule has 6 heteroatoms. The molecule has 5 nitrogen and oxygen atoms in total. The topological polar surface area (TPSA) is 58.5 Å². The number of fused-ring (bicyclic) bond motifs is 1. The van der Waals surface area contributed by atoms with Crippen molar-refractivity contribution < 1.29 is 9.84 Å². The molecule has 0 saturated carbocycles. The summed E-state index contributed by atoms with van der Waals surface area (Å²) in [5.74, 6) is 1.64. The lowest BCUT2D eigenvalue weighted by molar-refractivity contribution is 0.239. The Balaban J connectivity index is 1.49. The second kappa shape index (κ2) is 7.55. The number of halogens is 1. The van der Waals surface area contributed by atoms with Gasteiger partial charge in [-0.3, -0.25) is 4.90 Å². The average molecular weight is 382 g/mol. The third kappa shape index (κ3) is 3.89. The van der Waals surface area contributed by atoms with Crippen LogP contribution in [0.5, 0.6) is 11.5 Å². The first-order valence-electron chi connectivity index (χ1n) is 8.81. The van der Waals surface area contributed by atoms with E-state index in [4.69, 9.17) is 21.3 Å². The molecule has 27 heavy (non-hydrogen) atoms. The van der Waals surface area contributed by atoms with Gasteiger partial charge in [-0.25, -0.2) is 9.97 Å². The number of nitrogens with zero attached hydrogens (tertiary/aromatic N) is 3. The van der Waals surface area contributed by atoms with Crippen LogP contribution in [-0.4, -0.2) is 33.6 Å². The summed E-state index contributed by atoms with van der Waals surface area (Å²) < 4.78 is 5.14. The van der Waals surface area contributed by atoms with E-state index < -0.39 is 0 Å². The summed E-state index contributed by atoms with van der Waals surface area (Å²) in [5, 5.41) is 10.9. The molecule has 2 heterocycles. The van der Waals surface area contributed by atoms with Crippen molar-refractivity contribution in [2.24, 2.45) is 0 Å². The Hall–Kier alpha value is -2.63. The molecule has 0 radical (unpaired) electrons. The van der Waals surface area contributed by atoms with Crippen LogP contribution in [0.15, 0.2) is 48.7 Å². The lowest BCUT2D eigenvalue weighted by Crippen LogP contribution is -2.31. The van der Waals surface area contributed by atoms with Gasteiger partial charge in [0.15, 0.2) is 5.82 Å². The molecular weight excluding hydrogens is 362 g/mol. The first-order chi connectivity index (χ1) is 13.1. The van der Waals surface area contributed by atoms with Crippen LogP contribution < -0.4 is 4.74 Å². The molecule has 1 N–H and O–H groups in total. The molecule has 1 aliphatic heterocycles. The number of phenolic OH excluding ortho intramolecular Hbond substituents is 1. The fourth-order valence-corrected chi connectivity index (χ4v) is 3.42. The van der Waals surface area contributed by atoms with E-state index in [1.807, 2.05) is 42.6 Å². The van der Waals surface area contributed by atoms with Crippen LogP contribution in [0.3, 0.4) is 0 Å². The molecule has 0 unspecified atom stereocenters. The highest BCUT2D eigenvalue weighted by molar-refractivity contribution is 6.30. The zero-order chi connectivity index (χ0) is 18.8. The van der Waals surface area contributed by atoms with Crippen LogP contribution in [0.4, 0.5) is 0 Å². The quantitative estimate of drug-likeness (QED) is 0.738. The first-order valence-corrected chi connectivity index (χ1v) is 9.19. The van der Waals surface area contributed by atoms with Crippen LogP contribution in [0, 0.1) is 0 Å². The molecule has 4 rings (SSSR count). The molecule has 3 aromatic rings. The molecule has 0 spiro atoms. The average Bonchev–Trinajstić information content (AvgIpc) is 2.69. The second-order valence-corrected chi connectivity index (χ2v) is 7.06. The summed E-state index contributed by atoms with van der Waals surface area (Å²) in [4.78, 5) is 11.6. The molecule has 0 fully saturated rings. The highest BCUT2D eigenvalue weighted by Crippen LogP contribution is 2.27. The number of methoxy groups -OCH3 is 1. The maximum atomic E-state index is 10.2. The highest BCUT2D eigenvalue weighted by atomic mass is 35.5. The SMILES string of the molecule is COc1ccc(CN2CCc3nc(-c4ccc(Cl)cc4)ncc3C2)c(O)c1. The van der Waals surface area contributed by atoms with Crippen LogP contribution in [-0.2, 0) is 19.5 Å². The number of hydrogen-bond acceptors (Lipinski definition) is 5. The molecule has 0 amide bonds. The smallest absolute Gasteiger partial charge is 0.159 e. The normalized spacial score (nSPS) is 14.0. The summed E-state index contributed by atoms with van der Waals surface area (Å²) >= 11 is 5.95. The van der Waals surface area contributed by atoms with Gasteiger partial charge in [-0.05, 0) is 30.3 Å². The number of hydrogen-bond donors (Lipinski definition) is 1. The van der Waals surface area contributed by atoms with Crippen LogP contribution in [0.1, 0.15) is 16.8 Å². The fourth-order valence-electron chi connectivity index (χ4n) is 3.29. The molecule has 0 saturated heterocycles. The van der Waals surface area contributed by atoms with E-state index in [1.54, 1.807) is 13.2 Å². The second-order valence-electron chi connectivity index (χ2n) is 6.63. The third-order valence-electron chi connectivity index (χ3n) is 4.80. The van der Waals surface area contributed by atoms with Gasteiger partial charge in [0.1, 0.15) is 11.5 Å². The Morgan fingerprint density at radius 2 is 2.00 bits per heavy atom. The minimum atomic E-state index is 0.259. The van der Waals surface area contributed by atoms with Crippen molar-refractivity contribution in [3.8, 4) is 22.9 Å². The summed E-state index contributed by atoms with van der Waals surface area (Å²) in [7, 11) is 1.59. The first kappa shape index (κ1) is 17.8. The summed E-state index contributed by atoms with van der Waals surface area (Å²) in [5.41, 5.74) is 4.07. The highest BCUT2D eigenvalue weighted by Gasteiger charge is 2.20. The number of aromatic hydroxyl groups is 1. The summed E-state index contributed by atoms with van der Waals surface area (Å²) in [6.45, 7) is 2.32. The van der Waals surface area contributed by atoms with E-state index in [9.17, 15) is 5.11 Å². The van der Waals surface area contributed by atoms with Crippen molar-refractivity contribution in [3.63, 3.8) is 0 Å². The fraction of sp³-hybridized carbons (Fsp3) is 0.238. The van der Waals surface area contributed by atoms with E-state index in [1.165, 1.54) is 0 Å². The number of phenols is 1. The van der Waals surface area contributed by atoms with E-state index in [-0.39, 0.29) is 5.75 Å². The van der Waals surface area contributed by atoms with Gasteiger partial charge < -0.3 is 9.84 Å². The summed E-state index contributed by atoms with van der Waals surface area (Å²) in [6, 6.07) is 13.0. The number of benzene rings is 2. The van der Waals surface area contributed by atoms with Gasteiger partial charge in [-0.2, -0.15) is 0 Å². The van der Waals surface area contributed by atoms with Gasteiger partial charge in [0.2, 0.25) is 0 Å². The monoisotopic (exact) mass is 381 g/mol. The lowest BCUT2D eigenvalue weighted by Gasteiger charge is -2.28. The molecule has 138 valence electrons. The molecule has 0 bridgehead atoms. The van der Waals surface area contributed by atoms with Crippen molar-refractivity contribution in [2.45, 2.75) is 19.5 Å². The molecule has 0 aliphatic carbocycles. The Morgan fingerprint density at radius 3 is 2.74 bits per heavy atom. The predicted octanol–water partition coefficient (Wildman–Crippen LogP) is 4.07.